The Morgan fingerprint density at radius 2 is 2.00 bits per heavy atom. The Bertz CT molecular complexity index is 635. The molecule has 1 aliphatic rings. The van der Waals surface area contributed by atoms with E-state index in [2.05, 4.69) is 4.98 Å². The van der Waals surface area contributed by atoms with Crippen molar-refractivity contribution in [3.8, 4) is 0 Å². The van der Waals surface area contributed by atoms with Gasteiger partial charge in [0, 0.05) is 22.3 Å². The molecule has 0 amide bonds. The number of nitrogens with zero attached hydrogens (tertiary/aromatic N) is 1. The second-order valence-electron chi connectivity index (χ2n) is 5.39. The Hall–Kier alpha value is -1.27. The van der Waals surface area contributed by atoms with E-state index in [1.165, 1.54) is 0 Å². The predicted octanol–water partition coefficient (Wildman–Crippen LogP) is 3.01. The van der Waals surface area contributed by atoms with Crippen LogP contribution in [0.5, 0.6) is 0 Å². The summed E-state index contributed by atoms with van der Waals surface area (Å²) < 4.78 is 37.5. The Balaban J connectivity index is 1.69. The third-order valence-electron chi connectivity index (χ3n) is 4.00. The number of rotatable bonds is 4. The van der Waals surface area contributed by atoms with Crippen LogP contribution >= 0.6 is 0 Å². The van der Waals surface area contributed by atoms with Gasteiger partial charge in [-0.3, -0.25) is 9.11 Å². The van der Waals surface area contributed by atoms with Crippen molar-refractivity contribution in [2.24, 2.45) is 0 Å². The molecular weight excluding hydrogens is 294 g/mol. The molecule has 21 heavy (non-hydrogen) atoms. The fraction of sp³-hybridized carbons (Fsp3) is 0.467. The molecule has 3 rings (SSSR count). The summed E-state index contributed by atoms with van der Waals surface area (Å²) in [6, 6.07) is 7.79. The molecule has 2 aromatic rings. The van der Waals surface area contributed by atoms with Gasteiger partial charge in [-0.1, -0.05) is 18.2 Å². The lowest BCUT2D eigenvalue weighted by Crippen LogP contribution is -2.39. The number of halogens is 2. The maximum absolute atomic E-state index is 12.7. The molecule has 6 heteroatoms. The predicted molar refractivity (Wildman–Crippen MR) is 80.2 cm³/mol. The number of para-hydroxylation sites is 1. The smallest absolute Gasteiger partial charge is 0.251 e. The van der Waals surface area contributed by atoms with Crippen LogP contribution < -0.4 is 0 Å². The Kier molecular flexibility index (Phi) is 4.35. The van der Waals surface area contributed by atoms with E-state index in [4.69, 9.17) is 0 Å². The molecule has 3 nitrogen and oxygen atoms in total. The summed E-state index contributed by atoms with van der Waals surface area (Å²) in [4.78, 5) is 5.73. The number of hydrogen-bond acceptors (Lipinski definition) is 2. The number of alkyl halides is 2. The summed E-state index contributed by atoms with van der Waals surface area (Å²) >= 11 is 0. The minimum atomic E-state index is -2.29. The average molecular weight is 312 g/mol. The van der Waals surface area contributed by atoms with Crippen LogP contribution in [-0.2, 0) is 10.8 Å². The van der Waals surface area contributed by atoms with E-state index in [1.807, 2.05) is 30.5 Å². The van der Waals surface area contributed by atoms with Crippen molar-refractivity contribution in [3.05, 3.63) is 30.5 Å². The van der Waals surface area contributed by atoms with Crippen molar-refractivity contribution >= 4 is 21.7 Å². The maximum atomic E-state index is 12.7. The fourth-order valence-electron chi connectivity index (χ4n) is 2.89. The van der Waals surface area contributed by atoms with Crippen molar-refractivity contribution in [1.29, 1.82) is 0 Å². The second-order valence-corrected chi connectivity index (χ2v) is 7.09. The molecule has 1 atom stereocenters. The quantitative estimate of drug-likeness (QED) is 0.942. The van der Waals surface area contributed by atoms with Gasteiger partial charge in [0.15, 0.2) is 0 Å². The lowest BCUT2D eigenvalue weighted by Gasteiger charge is -2.30. The molecule has 2 heterocycles. The molecule has 1 fully saturated rings. The van der Waals surface area contributed by atoms with Gasteiger partial charge in [-0.05, 0) is 32.0 Å². The summed E-state index contributed by atoms with van der Waals surface area (Å²) in [7, 11) is -1.09. The standard InChI is InChI=1S/C15H18F2N2OS/c16-15(17)10-19-7-5-11(6-8-19)21(20)14-9-18-13-4-2-1-3-12(13)14/h1-4,9,11,15,18H,5-8,10H2. The molecule has 1 aromatic heterocycles. The number of aromatic nitrogens is 1. The number of piperidine rings is 1. The van der Waals surface area contributed by atoms with Gasteiger partial charge in [0.05, 0.1) is 22.2 Å². The first-order chi connectivity index (χ1) is 10.1. The molecule has 1 N–H and O–H groups in total. The van der Waals surface area contributed by atoms with E-state index in [0.717, 1.165) is 15.8 Å². The van der Waals surface area contributed by atoms with Gasteiger partial charge in [0.2, 0.25) is 0 Å². The van der Waals surface area contributed by atoms with Crippen molar-refractivity contribution in [2.75, 3.05) is 19.6 Å². The van der Waals surface area contributed by atoms with Gasteiger partial charge in [-0.15, -0.1) is 0 Å². The highest BCUT2D eigenvalue weighted by Crippen LogP contribution is 2.27. The number of benzene rings is 1. The van der Waals surface area contributed by atoms with E-state index in [-0.39, 0.29) is 11.8 Å². The number of fused-ring (bicyclic) bond motifs is 1. The summed E-state index contributed by atoms with van der Waals surface area (Å²) in [5.41, 5.74) is 0.982. The van der Waals surface area contributed by atoms with Crippen LogP contribution in [0.25, 0.3) is 10.9 Å². The number of nitrogens with one attached hydrogen (secondary N) is 1. The third-order valence-corrected chi connectivity index (χ3v) is 5.85. The van der Waals surface area contributed by atoms with E-state index in [9.17, 15) is 13.0 Å². The van der Waals surface area contributed by atoms with Crippen molar-refractivity contribution < 1.29 is 13.0 Å². The zero-order valence-corrected chi connectivity index (χ0v) is 12.4. The second kappa shape index (κ2) is 6.23. The first-order valence-corrected chi connectivity index (χ1v) is 8.33. The van der Waals surface area contributed by atoms with E-state index >= 15 is 0 Å². The lowest BCUT2D eigenvalue weighted by atomic mass is 10.1. The fourth-order valence-corrected chi connectivity index (χ4v) is 4.46. The molecule has 114 valence electrons. The minimum absolute atomic E-state index is 0.0538. The minimum Gasteiger partial charge on any atom is -0.360 e. The van der Waals surface area contributed by atoms with Gasteiger partial charge < -0.3 is 4.98 Å². The summed E-state index contributed by atoms with van der Waals surface area (Å²) in [6.07, 6.45) is 0.935. The Morgan fingerprint density at radius 1 is 1.29 bits per heavy atom. The van der Waals surface area contributed by atoms with Crippen LogP contribution in [0.15, 0.2) is 35.4 Å². The van der Waals surface area contributed by atoms with Crippen LogP contribution in [0.2, 0.25) is 0 Å². The highest BCUT2D eigenvalue weighted by Gasteiger charge is 2.27. The molecule has 0 radical (unpaired) electrons. The topological polar surface area (TPSA) is 36.1 Å². The molecule has 1 unspecified atom stereocenters. The zero-order valence-electron chi connectivity index (χ0n) is 11.6. The first kappa shape index (κ1) is 14.7. The van der Waals surface area contributed by atoms with E-state index in [1.54, 1.807) is 4.90 Å². The normalized spacial score (nSPS) is 19.4. The first-order valence-electron chi connectivity index (χ1n) is 7.12. The van der Waals surface area contributed by atoms with Crippen LogP contribution in [0.3, 0.4) is 0 Å². The summed E-state index contributed by atoms with van der Waals surface area (Å²) in [6.45, 7) is 1.03. The van der Waals surface area contributed by atoms with Gasteiger partial charge in [-0.25, -0.2) is 8.78 Å². The molecule has 0 saturated carbocycles. The SMILES string of the molecule is O=S(c1c[nH]c2ccccc12)C1CCN(CC(F)F)CC1. The van der Waals surface area contributed by atoms with Gasteiger partial charge in [0.25, 0.3) is 6.43 Å². The van der Waals surface area contributed by atoms with Gasteiger partial charge in [0.1, 0.15) is 0 Å². The van der Waals surface area contributed by atoms with Crippen LogP contribution in [0.4, 0.5) is 8.78 Å². The van der Waals surface area contributed by atoms with E-state index < -0.39 is 17.2 Å². The van der Waals surface area contributed by atoms with Gasteiger partial charge >= 0.3 is 0 Å². The average Bonchev–Trinajstić information content (AvgIpc) is 2.90. The number of hydrogen-bond donors (Lipinski definition) is 1. The third kappa shape index (κ3) is 3.16. The molecule has 0 bridgehead atoms. The zero-order chi connectivity index (χ0) is 14.8. The number of likely N-dealkylation sites (tertiary alicyclic amines) is 1. The Morgan fingerprint density at radius 3 is 2.71 bits per heavy atom. The van der Waals surface area contributed by atoms with Crippen LogP contribution in [-0.4, -0.2) is 45.4 Å². The largest absolute Gasteiger partial charge is 0.360 e. The summed E-state index contributed by atoms with van der Waals surface area (Å²) in [5.74, 6) is 0. The van der Waals surface area contributed by atoms with Crippen molar-refractivity contribution in [3.63, 3.8) is 0 Å². The van der Waals surface area contributed by atoms with E-state index in [0.29, 0.717) is 25.9 Å². The lowest BCUT2D eigenvalue weighted by molar-refractivity contribution is 0.0794. The molecule has 1 saturated heterocycles. The molecule has 0 spiro atoms. The molecule has 0 aliphatic carbocycles. The molecule has 1 aliphatic heterocycles. The highest BCUT2D eigenvalue weighted by atomic mass is 32.2. The van der Waals surface area contributed by atoms with Crippen molar-refractivity contribution in [2.45, 2.75) is 29.4 Å². The Labute approximate surface area is 124 Å². The molecular formula is C15H18F2N2OS. The summed E-state index contributed by atoms with van der Waals surface area (Å²) in [5, 5.41) is 1.05. The van der Waals surface area contributed by atoms with Crippen LogP contribution in [0.1, 0.15) is 12.8 Å². The highest BCUT2D eigenvalue weighted by molar-refractivity contribution is 7.86. The monoisotopic (exact) mass is 312 g/mol. The molecule has 1 aromatic carbocycles. The van der Waals surface area contributed by atoms with Crippen LogP contribution in [0, 0.1) is 0 Å². The maximum Gasteiger partial charge on any atom is 0.251 e. The van der Waals surface area contributed by atoms with Crippen molar-refractivity contribution in [1.82, 2.24) is 9.88 Å². The van der Waals surface area contributed by atoms with Gasteiger partial charge in [-0.2, -0.15) is 0 Å². The number of H-pyrrole nitrogens is 1. The number of aromatic amines is 1.